The molecule has 0 saturated carbocycles. The summed E-state index contributed by atoms with van der Waals surface area (Å²) in [6.07, 6.45) is -4.90. The second kappa shape index (κ2) is 4.63. The molecule has 0 unspecified atom stereocenters. The molecule has 8 heteroatoms. The minimum atomic E-state index is -4.90. The second-order valence-corrected chi connectivity index (χ2v) is 3.48. The molecule has 0 atom stereocenters. The SMILES string of the molecule is FC(F)Oc1cc(Cl)cc(Cl)c1C(F)(F)F. The molecule has 0 spiro atoms. The topological polar surface area (TPSA) is 9.23 Å². The summed E-state index contributed by atoms with van der Waals surface area (Å²) >= 11 is 10.7. The summed E-state index contributed by atoms with van der Waals surface area (Å²) in [5.41, 5.74) is -1.47. The Morgan fingerprint density at radius 1 is 1.12 bits per heavy atom. The predicted octanol–water partition coefficient (Wildman–Crippen LogP) is 4.61. The summed E-state index contributed by atoms with van der Waals surface area (Å²) < 4.78 is 64.8. The molecule has 0 aliphatic carbocycles. The van der Waals surface area contributed by atoms with Crippen LogP contribution >= 0.6 is 23.2 Å². The minimum Gasteiger partial charge on any atom is -0.434 e. The highest BCUT2D eigenvalue weighted by Crippen LogP contribution is 2.43. The molecule has 0 amide bonds. The van der Waals surface area contributed by atoms with Crippen LogP contribution in [0.5, 0.6) is 5.75 Å². The molecule has 0 aromatic heterocycles. The Hall–Kier alpha value is -0.750. The Morgan fingerprint density at radius 3 is 2.12 bits per heavy atom. The van der Waals surface area contributed by atoms with Crippen molar-refractivity contribution in [3.8, 4) is 5.75 Å². The summed E-state index contributed by atoms with van der Waals surface area (Å²) in [4.78, 5) is 0. The zero-order valence-corrected chi connectivity index (χ0v) is 8.80. The molecule has 1 rings (SSSR count). The van der Waals surface area contributed by atoms with Crippen LogP contribution in [-0.4, -0.2) is 6.61 Å². The maximum Gasteiger partial charge on any atom is 0.421 e. The second-order valence-electron chi connectivity index (χ2n) is 2.64. The molecule has 1 aromatic carbocycles. The predicted molar refractivity (Wildman–Crippen MR) is 48.1 cm³/mol. The number of ether oxygens (including phenoxy) is 1. The molecule has 0 bridgehead atoms. The summed E-state index contributed by atoms with van der Waals surface area (Å²) in [6, 6.07) is 1.42. The van der Waals surface area contributed by atoms with Gasteiger partial charge in [-0.2, -0.15) is 22.0 Å². The molecule has 0 radical (unpaired) electrons. The van der Waals surface area contributed by atoms with E-state index in [1.54, 1.807) is 0 Å². The first-order valence-electron chi connectivity index (χ1n) is 3.73. The van der Waals surface area contributed by atoms with E-state index in [9.17, 15) is 22.0 Å². The molecule has 0 fully saturated rings. The molecule has 0 aliphatic rings. The van der Waals surface area contributed by atoms with Crippen LogP contribution in [0.2, 0.25) is 10.0 Å². The van der Waals surface area contributed by atoms with Gasteiger partial charge in [0.15, 0.2) is 0 Å². The van der Waals surface area contributed by atoms with Crippen LogP contribution in [0.3, 0.4) is 0 Å². The van der Waals surface area contributed by atoms with Crippen molar-refractivity contribution in [1.82, 2.24) is 0 Å². The van der Waals surface area contributed by atoms with Gasteiger partial charge < -0.3 is 4.74 Å². The van der Waals surface area contributed by atoms with Gasteiger partial charge in [0.05, 0.1) is 5.02 Å². The Kier molecular flexibility index (Phi) is 3.85. The van der Waals surface area contributed by atoms with E-state index in [0.717, 1.165) is 6.07 Å². The molecule has 16 heavy (non-hydrogen) atoms. The van der Waals surface area contributed by atoms with Gasteiger partial charge in [-0.15, -0.1) is 0 Å². The van der Waals surface area contributed by atoms with E-state index in [0.29, 0.717) is 6.07 Å². The van der Waals surface area contributed by atoms with Crippen LogP contribution in [-0.2, 0) is 6.18 Å². The molecule has 1 aromatic rings. The monoisotopic (exact) mass is 280 g/mol. The van der Waals surface area contributed by atoms with Gasteiger partial charge in [0.2, 0.25) is 0 Å². The van der Waals surface area contributed by atoms with E-state index in [1.165, 1.54) is 0 Å². The third-order valence-electron chi connectivity index (χ3n) is 1.52. The maximum absolute atomic E-state index is 12.4. The first-order valence-corrected chi connectivity index (χ1v) is 4.48. The number of hydrogen-bond acceptors (Lipinski definition) is 1. The van der Waals surface area contributed by atoms with Crippen LogP contribution in [0.15, 0.2) is 12.1 Å². The van der Waals surface area contributed by atoms with Gasteiger partial charge >= 0.3 is 12.8 Å². The van der Waals surface area contributed by atoms with Crippen LogP contribution in [0.4, 0.5) is 22.0 Å². The largest absolute Gasteiger partial charge is 0.434 e. The van der Waals surface area contributed by atoms with Crippen molar-refractivity contribution >= 4 is 23.2 Å². The van der Waals surface area contributed by atoms with Crippen LogP contribution in [0.25, 0.3) is 0 Å². The lowest BCUT2D eigenvalue weighted by molar-refractivity contribution is -0.141. The molecule has 0 N–H and O–H groups in total. The Labute approximate surface area is 96.7 Å². The fourth-order valence-electron chi connectivity index (χ4n) is 1.01. The van der Waals surface area contributed by atoms with Crippen LogP contribution in [0, 0.1) is 0 Å². The van der Waals surface area contributed by atoms with Crippen LogP contribution in [0.1, 0.15) is 5.56 Å². The van der Waals surface area contributed by atoms with Gasteiger partial charge in [-0.3, -0.25) is 0 Å². The summed E-state index contributed by atoms with van der Waals surface area (Å²) in [5, 5.41) is -1.02. The lowest BCUT2D eigenvalue weighted by Crippen LogP contribution is -2.12. The smallest absolute Gasteiger partial charge is 0.421 e. The average Bonchev–Trinajstić information content (AvgIpc) is 1.96. The highest BCUT2D eigenvalue weighted by Gasteiger charge is 2.38. The average molecular weight is 281 g/mol. The van der Waals surface area contributed by atoms with Gasteiger partial charge in [-0.25, -0.2) is 0 Å². The zero-order chi connectivity index (χ0) is 12.5. The van der Waals surface area contributed by atoms with E-state index in [2.05, 4.69) is 4.74 Å². The van der Waals surface area contributed by atoms with Crippen molar-refractivity contribution in [2.75, 3.05) is 0 Å². The fraction of sp³-hybridized carbons (Fsp3) is 0.250. The van der Waals surface area contributed by atoms with Gasteiger partial charge in [0, 0.05) is 5.02 Å². The van der Waals surface area contributed by atoms with Crippen molar-refractivity contribution in [2.45, 2.75) is 12.8 Å². The van der Waals surface area contributed by atoms with Crippen molar-refractivity contribution in [1.29, 1.82) is 0 Å². The summed E-state index contributed by atoms with van der Waals surface area (Å²) in [5.74, 6) is -1.10. The number of rotatable bonds is 2. The van der Waals surface area contributed by atoms with E-state index < -0.39 is 29.1 Å². The van der Waals surface area contributed by atoms with Crippen molar-refractivity contribution in [3.63, 3.8) is 0 Å². The van der Waals surface area contributed by atoms with Crippen LogP contribution < -0.4 is 4.74 Å². The number of hydrogen-bond donors (Lipinski definition) is 0. The Bertz CT molecular complexity index is 391. The zero-order valence-electron chi connectivity index (χ0n) is 7.29. The normalized spacial score (nSPS) is 12.0. The molecule has 1 nitrogen and oxygen atoms in total. The molecular formula is C8H3Cl2F5O. The third kappa shape index (κ3) is 3.12. The molecule has 90 valence electrons. The lowest BCUT2D eigenvalue weighted by atomic mass is 10.2. The molecule has 0 heterocycles. The highest BCUT2D eigenvalue weighted by molar-refractivity contribution is 6.35. The maximum atomic E-state index is 12.4. The van der Waals surface area contributed by atoms with E-state index in [1.807, 2.05) is 0 Å². The van der Waals surface area contributed by atoms with Gasteiger partial charge in [0.25, 0.3) is 0 Å². The standard InChI is InChI=1S/C8H3Cl2F5O/c9-3-1-4(10)6(8(13,14)15)5(2-3)16-7(11)12/h1-2,7H. The van der Waals surface area contributed by atoms with Gasteiger partial charge in [-0.05, 0) is 12.1 Å². The van der Waals surface area contributed by atoms with Crippen molar-refractivity contribution in [3.05, 3.63) is 27.7 Å². The van der Waals surface area contributed by atoms with Gasteiger partial charge in [-0.1, -0.05) is 23.2 Å². The summed E-state index contributed by atoms with van der Waals surface area (Å²) in [7, 11) is 0. The van der Waals surface area contributed by atoms with E-state index in [-0.39, 0.29) is 5.02 Å². The van der Waals surface area contributed by atoms with E-state index >= 15 is 0 Å². The number of halogens is 7. The van der Waals surface area contributed by atoms with Crippen molar-refractivity contribution in [2.24, 2.45) is 0 Å². The quantitative estimate of drug-likeness (QED) is 0.719. The first kappa shape index (κ1) is 13.3. The van der Waals surface area contributed by atoms with Crippen molar-refractivity contribution < 1.29 is 26.7 Å². The third-order valence-corrected chi connectivity index (χ3v) is 2.03. The first-order chi connectivity index (χ1) is 7.21. The molecular weight excluding hydrogens is 278 g/mol. The molecule has 0 aliphatic heterocycles. The number of alkyl halides is 5. The van der Waals surface area contributed by atoms with E-state index in [4.69, 9.17) is 23.2 Å². The summed E-state index contributed by atoms with van der Waals surface area (Å²) in [6.45, 7) is -3.39. The van der Waals surface area contributed by atoms with Gasteiger partial charge in [0.1, 0.15) is 11.3 Å². The highest BCUT2D eigenvalue weighted by atomic mass is 35.5. The Balaban J connectivity index is 3.33. The fourth-order valence-corrected chi connectivity index (χ4v) is 1.60. The lowest BCUT2D eigenvalue weighted by Gasteiger charge is -2.15. The minimum absolute atomic E-state index is 0.228. The molecule has 0 saturated heterocycles. The number of benzene rings is 1. The Morgan fingerprint density at radius 2 is 1.69 bits per heavy atom.